The molecule has 0 aromatic carbocycles. The van der Waals surface area contributed by atoms with Crippen LogP contribution in [0, 0.1) is 6.92 Å². The minimum absolute atomic E-state index is 0.340. The van der Waals surface area contributed by atoms with Gasteiger partial charge in [-0.25, -0.2) is 9.78 Å². The lowest BCUT2D eigenvalue weighted by atomic mass is 10.1. The Morgan fingerprint density at radius 2 is 1.89 bits per heavy atom. The molecule has 0 spiro atoms. The average Bonchev–Trinajstić information content (AvgIpc) is 3.16. The van der Waals surface area contributed by atoms with Crippen molar-refractivity contribution in [3.05, 3.63) is 53.9 Å². The number of esters is 1. The number of H-pyrrole nitrogens is 1. The zero-order valence-electron chi connectivity index (χ0n) is 15.6. The fourth-order valence-electron chi connectivity index (χ4n) is 3.02. The third kappa shape index (κ3) is 2.94. The van der Waals surface area contributed by atoms with Crippen LogP contribution in [-0.2, 0) is 4.74 Å². The Bertz CT molecular complexity index is 1190. The van der Waals surface area contributed by atoms with Crippen molar-refractivity contribution in [3.63, 3.8) is 0 Å². The molecule has 0 saturated heterocycles. The monoisotopic (exact) mass is 375 g/mol. The van der Waals surface area contributed by atoms with E-state index in [-0.39, 0.29) is 0 Å². The van der Waals surface area contributed by atoms with Crippen LogP contribution in [0.2, 0.25) is 0 Å². The van der Waals surface area contributed by atoms with Crippen LogP contribution < -0.4 is 4.74 Å². The summed E-state index contributed by atoms with van der Waals surface area (Å²) in [5, 5.41) is 7.22. The van der Waals surface area contributed by atoms with Crippen LogP contribution in [0.15, 0.2) is 42.6 Å². The normalized spacial score (nSPS) is 10.8. The van der Waals surface area contributed by atoms with Crippen LogP contribution in [0.25, 0.3) is 33.7 Å². The smallest absolute Gasteiger partial charge is 0.340 e. The highest BCUT2D eigenvalue weighted by Gasteiger charge is 2.21. The Balaban J connectivity index is 1.95. The quantitative estimate of drug-likeness (QED) is 0.546. The highest BCUT2D eigenvalue weighted by molar-refractivity contribution is 6.02. The van der Waals surface area contributed by atoms with E-state index >= 15 is 0 Å². The lowest BCUT2D eigenvalue weighted by Gasteiger charge is -2.08. The fraction of sp³-hybridized carbons (Fsp3) is 0.150. The number of aromatic amines is 1. The Morgan fingerprint density at radius 3 is 2.64 bits per heavy atom. The number of carbonyl (C=O) groups excluding carboxylic acids is 1. The summed E-state index contributed by atoms with van der Waals surface area (Å²) in [4.78, 5) is 25.6. The average molecular weight is 375 g/mol. The number of aryl methyl sites for hydroxylation is 1. The molecule has 0 aliphatic heterocycles. The Kier molecular flexibility index (Phi) is 4.44. The van der Waals surface area contributed by atoms with E-state index in [1.54, 1.807) is 18.3 Å². The first-order chi connectivity index (χ1) is 13.6. The second kappa shape index (κ2) is 7.07. The number of hydrogen-bond acceptors (Lipinski definition) is 7. The number of nitrogens with one attached hydrogen (secondary N) is 1. The van der Waals surface area contributed by atoms with Crippen molar-refractivity contribution in [1.82, 2.24) is 25.1 Å². The first kappa shape index (κ1) is 17.6. The maximum absolute atomic E-state index is 12.1. The van der Waals surface area contributed by atoms with Crippen molar-refractivity contribution in [1.29, 1.82) is 0 Å². The van der Waals surface area contributed by atoms with Crippen molar-refractivity contribution in [2.75, 3.05) is 14.2 Å². The van der Waals surface area contributed by atoms with Crippen molar-refractivity contribution in [3.8, 4) is 28.5 Å². The van der Waals surface area contributed by atoms with E-state index < -0.39 is 5.97 Å². The lowest BCUT2D eigenvalue weighted by Crippen LogP contribution is -2.04. The number of nitrogens with zero attached hydrogens (tertiary/aromatic N) is 4. The zero-order chi connectivity index (χ0) is 19.7. The zero-order valence-corrected chi connectivity index (χ0v) is 15.6. The molecular formula is C20H17N5O3. The second-order valence-electron chi connectivity index (χ2n) is 6.06. The van der Waals surface area contributed by atoms with E-state index in [0.717, 1.165) is 5.69 Å². The van der Waals surface area contributed by atoms with Gasteiger partial charge in [-0.2, -0.15) is 0 Å². The third-order valence-electron chi connectivity index (χ3n) is 4.32. The van der Waals surface area contributed by atoms with Gasteiger partial charge < -0.3 is 9.47 Å². The molecule has 0 saturated carbocycles. The molecule has 8 heteroatoms. The highest BCUT2D eigenvalue weighted by atomic mass is 16.5. The van der Waals surface area contributed by atoms with Crippen molar-refractivity contribution in [2.45, 2.75) is 6.92 Å². The third-order valence-corrected chi connectivity index (χ3v) is 4.32. The molecule has 0 bridgehead atoms. The largest absolute Gasteiger partial charge is 0.479 e. The van der Waals surface area contributed by atoms with Crippen LogP contribution >= 0.6 is 0 Å². The summed E-state index contributed by atoms with van der Waals surface area (Å²) in [6.45, 7) is 1.92. The summed E-state index contributed by atoms with van der Waals surface area (Å²) in [7, 11) is 2.87. The summed E-state index contributed by atoms with van der Waals surface area (Å²) >= 11 is 0. The molecular weight excluding hydrogens is 358 g/mol. The minimum Gasteiger partial charge on any atom is -0.479 e. The maximum Gasteiger partial charge on any atom is 0.340 e. The molecule has 0 unspecified atom stereocenters. The number of hydrogen-bond donors (Lipinski definition) is 1. The molecule has 8 nitrogen and oxygen atoms in total. The molecule has 4 rings (SSSR count). The summed E-state index contributed by atoms with van der Waals surface area (Å²) in [6.07, 6.45) is 1.55. The predicted molar refractivity (Wildman–Crippen MR) is 103 cm³/mol. The number of methoxy groups -OCH3 is 2. The van der Waals surface area contributed by atoms with Gasteiger partial charge in [-0.15, -0.1) is 5.10 Å². The van der Waals surface area contributed by atoms with Crippen LogP contribution in [0.5, 0.6) is 5.88 Å². The molecule has 0 aliphatic carbocycles. The fourth-order valence-corrected chi connectivity index (χ4v) is 3.02. The van der Waals surface area contributed by atoms with Gasteiger partial charge in [-0.1, -0.05) is 6.07 Å². The molecule has 1 N–H and O–H groups in total. The van der Waals surface area contributed by atoms with E-state index in [4.69, 9.17) is 9.47 Å². The summed E-state index contributed by atoms with van der Waals surface area (Å²) in [5.74, 6) is -0.0922. The van der Waals surface area contributed by atoms with Crippen molar-refractivity contribution in [2.24, 2.45) is 0 Å². The van der Waals surface area contributed by atoms with Crippen LogP contribution in [-0.4, -0.2) is 45.3 Å². The Labute approximate surface area is 160 Å². The Hall–Kier alpha value is -3.81. The summed E-state index contributed by atoms with van der Waals surface area (Å²) < 4.78 is 10.3. The molecule has 4 aromatic rings. The van der Waals surface area contributed by atoms with Gasteiger partial charge in [0.05, 0.1) is 47.9 Å². The van der Waals surface area contributed by atoms with Crippen molar-refractivity contribution >= 4 is 17.0 Å². The van der Waals surface area contributed by atoms with E-state index in [9.17, 15) is 4.79 Å². The molecule has 0 radical (unpaired) electrons. The van der Waals surface area contributed by atoms with Gasteiger partial charge in [-0.3, -0.25) is 15.1 Å². The van der Waals surface area contributed by atoms with Gasteiger partial charge in [0.1, 0.15) is 5.52 Å². The minimum atomic E-state index is -0.475. The first-order valence-corrected chi connectivity index (χ1v) is 8.53. The topological polar surface area (TPSA) is 103 Å². The summed E-state index contributed by atoms with van der Waals surface area (Å²) in [5.41, 5.74) is 4.87. The number of aromatic nitrogens is 5. The van der Waals surface area contributed by atoms with Gasteiger partial charge in [0.15, 0.2) is 0 Å². The van der Waals surface area contributed by atoms with Crippen LogP contribution in [0.4, 0.5) is 0 Å². The van der Waals surface area contributed by atoms with E-state index in [0.29, 0.717) is 45.1 Å². The number of fused-ring (bicyclic) bond motifs is 1. The second-order valence-corrected chi connectivity index (χ2v) is 6.06. The maximum atomic E-state index is 12.1. The van der Waals surface area contributed by atoms with Crippen molar-refractivity contribution < 1.29 is 14.3 Å². The Morgan fingerprint density at radius 1 is 1.04 bits per heavy atom. The highest BCUT2D eigenvalue weighted by Crippen LogP contribution is 2.36. The SMILES string of the molecule is COC(=O)c1ccnc2ccc(-c3c(OC)n[nH]c3-c3cccc(C)n3)nc12. The van der Waals surface area contributed by atoms with E-state index in [2.05, 4.69) is 25.1 Å². The molecule has 28 heavy (non-hydrogen) atoms. The summed E-state index contributed by atoms with van der Waals surface area (Å²) in [6, 6.07) is 10.9. The number of pyridine rings is 3. The molecule has 0 aliphatic rings. The van der Waals surface area contributed by atoms with Crippen LogP contribution in [0.1, 0.15) is 16.1 Å². The standard InChI is InChI=1S/C20H17N5O3/c1-11-5-4-6-15(22-11)18-16(19(27-2)25-24-18)13-7-8-14-17(23-13)12(9-10-21-14)20(26)28-3/h4-10H,1-3H3,(H,24,25). The first-order valence-electron chi connectivity index (χ1n) is 8.53. The molecule has 0 amide bonds. The predicted octanol–water partition coefficient (Wildman–Crippen LogP) is 3.19. The number of rotatable bonds is 4. The molecule has 4 aromatic heterocycles. The molecule has 4 heterocycles. The van der Waals surface area contributed by atoms with Gasteiger partial charge in [0.2, 0.25) is 5.88 Å². The van der Waals surface area contributed by atoms with Gasteiger partial charge in [-0.05, 0) is 37.3 Å². The molecule has 0 fully saturated rings. The molecule has 140 valence electrons. The van der Waals surface area contributed by atoms with Gasteiger partial charge in [0, 0.05) is 11.9 Å². The molecule has 0 atom stereocenters. The van der Waals surface area contributed by atoms with Crippen LogP contribution in [0.3, 0.4) is 0 Å². The van der Waals surface area contributed by atoms with E-state index in [1.165, 1.54) is 14.2 Å². The van der Waals surface area contributed by atoms with E-state index in [1.807, 2.05) is 31.2 Å². The van der Waals surface area contributed by atoms with Gasteiger partial charge >= 0.3 is 5.97 Å². The van der Waals surface area contributed by atoms with Gasteiger partial charge in [0.25, 0.3) is 0 Å². The number of ether oxygens (including phenoxy) is 2. The lowest BCUT2D eigenvalue weighted by molar-refractivity contribution is 0.0602. The number of carbonyl (C=O) groups is 1.